The number of ether oxygens (including phenoxy) is 4. The molecule has 0 aromatic carbocycles. The van der Waals surface area contributed by atoms with Crippen LogP contribution in [0.4, 0.5) is 0 Å². The maximum absolute atomic E-state index is 12.9. The third kappa shape index (κ3) is 39.9. The first-order chi connectivity index (χ1) is 33.5. The molecular weight excluding hydrogens is 897 g/mol. The highest BCUT2D eigenvalue weighted by Crippen LogP contribution is 2.24. The Bertz CT molecular complexity index is 1450. The molecule has 0 radical (unpaired) electrons. The van der Waals surface area contributed by atoms with Gasteiger partial charge < -0.3 is 34.3 Å². The maximum atomic E-state index is 12.9. The van der Waals surface area contributed by atoms with Crippen molar-refractivity contribution >= 4 is 22.1 Å². The number of allylic oxidation sites excluding steroid dienone is 8. The van der Waals surface area contributed by atoms with Crippen molar-refractivity contribution in [1.29, 1.82) is 0 Å². The van der Waals surface area contributed by atoms with E-state index >= 15 is 0 Å². The molecule has 2 unspecified atom stereocenters. The second kappa shape index (κ2) is 45.5. The van der Waals surface area contributed by atoms with Gasteiger partial charge in [0, 0.05) is 12.8 Å². The number of aliphatic hydroxyl groups excluding tert-OH is 3. The zero-order valence-corrected chi connectivity index (χ0v) is 44.2. The van der Waals surface area contributed by atoms with Crippen molar-refractivity contribution in [2.24, 2.45) is 0 Å². The van der Waals surface area contributed by atoms with Gasteiger partial charge in [0.1, 0.15) is 36.8 Å². The molecule has 0 bridgehead atoms. The third-order valence-electron chi connectivity index (χ3n) is 12.7. The average Bonchev–Trinajstić information content (AvgIpc) is 3.32. The largest absolute Gasteiger partial charge is 0.462 e. The number of carbonyl (C=O) groups is 2. The molecular formula is C56H100O12S. The lowest BCUT2D eigenvalue weighted by Crippen LogP contribution is -2.60. The van der Waals surface area contributed by atoms with Crippen molar-refractivity contribution in [3.8, 4) is 0 Å². The summed E-state index contributed by atoms with van der Waals surface area (Å²) in [6.07, 6.45) is 47.2. The first-order valence-corrected chi connectivity index (χ1v) is 29.3. The molecule has 69 heavy (non-hydrogen) atoms. The van der Waals surface area contributed by atoms with Gasteiger partial charge in [-0.3, -0.25) is 14.1 Å². The topological polar surface area (TPSA) is 186 Å². The summed E-state index contributed by atoms with van der Waals surface area (Å²) < 4.78 is 54.3. The quantitative estimate of drug-likeness (QED) is 0.0196. The first kappa shape index (κ1) is 64.6. The van der Waals surface area contributed by atoms with Crippen LogP contribution in [0.1, 0.15) is 239 Å². The highest BCUT2D eigenvalue weighted by atomic mass is 32.2. The van der Waals surface area contributed by atoms with E-state index in [-0.39, 0.29) is 19.4 Å². The summed E-state index contributed by atoms with van der Waals surface area (Å²) in [5, 5.41) is 31.0. The van der Waals surface area contributed by atoms with Crippen LogP contribution in [0.25, 0.3) is 0 Å². The average molecular weight is 997 g/mol. The van der Waals surface area contributed by atoms with E-state index in [1.54, 1.807) is 0 Å². The van der Waals surface area contributed by atoms with E-state index in [2.05, 4.69) is 62.5 Å². The smallest absolute Gasteiger partial charge is 0.306 e. The molecule has 402 valence electrons. The van der Waals surface area contributed by atoms with Crippen LogP contribution in [0, 0.1) is 0 Å². The summed E-state index contributed by atoms with van der Waals surface area (Å²) in [5.41, 5.74) is 0. The summed E-state index contributed by atoms with van der Waals surface area (Å²) in [4.78, 5) is 25.6. The van der Waals surface area contributed by atoms with Gasteiger partial charge in [0.25, 0.3) is 10.1 Å². The monoisotopic (exact) mass is 997 g/mol. The maximum Gasteiger partial charge on any atom is 0.306 e. The highest BCUT2D eigenvalue weighted by Gasteiger charge is 2.46. The summed E-state index contributed by atoms with van der Waals surface area (Å²) in [6.45, 7) is 3.75. The fraction of sp³-hybridized carbons (Fsp3) is 0.821. The van der Waals surface area contributed by atoms with Crippen molar-refractivity contribution in [2.75, 3.05) is 19.0 Å². The van der Waals surface area contributed by atoms with Gasteiger partial charge in [0.15, 0.2) is 12.4 Å². The van der Waals surface area contributed by atoms with E-state index in [1.807, 2.05) is 0 Å². The standard InChI is InChI=1S/C56H100O12S/c1-3-5-7-9-11-13-15-17-19-21-23-24-25-27-28-30-32-34-36-38-40-42-44-51(57)65-46-49(47-66-56-55(61)54(60)53(59)50(68-56)48-69(62,63)64)67-52(58)45-43-41-39-37-35-33-31-29-26-22-20-18-16-14-12-10-8-6-4-2/h12,14,18,20,26,29,33,35,49-50,53-56,59-61H,3-11,13,15-17,19,21-25,27-28,30-32,34,36-48H2,1-2H3,(H,62,63,64)/b14-12+,20-18+,29-26+,35-33+/t49-,50-,53-,54?,55?,56+/m1/s1. The molecule has 0 spiro atoms. The molecule has 1 fully saturated rings. The number of unbranched alkanes of at least 4 members (excludes halogenated alkanes) is 27. The number of rotatable bonds is 47. The zero-order chi connectivity index (χ0) is 50.5. The summed E-state index contributed by atoms with van der Waals surface area (Å²) in [7, 11) is -4.61. The van der Waals surface area contributed by atoms with Crippen molar-refractivity contribution in [1.82, 2.24) is 0 Å². The molecule has 1 aliphatic rings. The van der Waals surface area contributed by atoms with Crippen molar-refractivity contribution in [3.63, 3.8) is 0 Å². The lowest BCUT2D eigenvalue weighted by molar-refractivity contribution is -0.297. The Hall–Kier alpha value is -2.39. The molecule has 1 rings (SSSR count). The Morgan fingerprint density at radius 3 is 1.32 bits per heavy atom. The van der Waals surface area contributed by atoms with Gasteiger partial charge in [-0.2, -0.15) is 8.42 Å². The normalized spacial score (nSPS) is 19.4. The van der Waals surface area contributed by atoms with Crippen LogP contribution in [0.3, 0.4) is 0 Å². The fourth-order valence-corrected chi connectivity index (χ4v) is 9.06. The van der Waals surface area contributed by atoms with Crippen LogP contribution in [0.5, 0.6) is 0 Å². The van der Waals surface area contributed by atoms with Gasteiger partial charge in [0.2, 0.25) is 0 Å². The Balaban J connectivity index is 2.35. The molecule has 13 heteroatoms. The minimum atomic E-state index is -4.61. The molecule has 12 nitrogen and oxygen atoms in total. The highest BCUT2D eigenvalue weighted by molar-refractivity contribution is 7.85. The van der Waals surface area contributed by atoms with E-state index in [1.165, 1.54) is 135 Å². The summed E-state index contributed by atoms with van der Waals surface area (Å²) in [5.74, 6) is -2.01. The van der Waals surface area contributed by atoms with Gasteiger partial charge in [-0.05, 0) is 57.8 Å². The van der Waals surface area contributed by atoms with E-state index in [4.69, 9.17) is 18.9 Å². The number of carbonyl (C=O) groups excluding carboxylic acids is 2. The van der Waals surface area contributed by atoms with Gasteiger partial charge in [0.05, 0.1) is 6.61 Å². The van der Waals surface area contributed by atoms with E-state index in [0.717, 1.165) is 64.2 Å². The van der Waals surface area contributed by atoms with Crippen LogP contribution in [0.15, 0.2) is 48.6 Å². The molecule has 1 saturated heterocycles. The van der Waals surface area contributed by atoms with Crippen molar-refractivity contribution in [2.45, 2.75) is 275 Å². The van der Waals surface area contributed by atoms with E-state index in [0.29, 0.717) is 12.8 Å². The second-order valence-electron chi connectivity index (χ2n) is 19.3. The molecule has 0 saturated carbocycles. The van der Waals surface area contributed by atoms with Gasteiger partial charge >= 0.3 is 11.9 Å². The summed E-state index contributed by atoms with van der Waals surface area (Å²) >= 11 is 0. The molecule has 1 aliphatic heterocycles. The molecule has 0 aromatic rings. The van der Waals surface area contributed by atoms with Gasteiger partial charge in [-0.25, -0.2) is 0 Å². The Morgan fingerprint density at radius 1 is 0.493 bits per heavy atom. The number of hydrogen-bond donors (Lipinski definition) is 4. The van der Waals surface area contributed by atoms with Crippen LogP contribution in [0.2, 0.25) is 0 Å². The lowest BCUT2D eigenvalue weighted by Gasteiger charge is -2.40. The number of aliphatic hydroxyl groups is 3. The summed E-state index contributed by atoms with van der Waals surface area (Å²) in [6, 6.07) is 0. The second-order valence-corrected chi connectivity index (χ2v) is 20.8. The molecule has 6 atom stereocenters. The van der Waals surface area contributed by atoms with Crippen LogP contribution in [-0.2, 0) is 38.7 Å². The first-order valence-electron chi connectivity index (χ1n) is 27.7. The predicted octanol–water partition coefficient (Wildman–Crippen LogP) is 13.1. The molecule has 1 heterocycles. The fourth-order valence-electron chi connectivity index (χ4n) is 8.37. The molecule has 0 amide bonds. The van der Waals surface area contributed by atoms with Crippen molar-refractivity contribution in [3.05, 3.63) is 48.6 Å². The van der Waals surface area contributed by atoms with Crippen LogP contribution in [-0.4, -0.2) is 96.0 Å². The number of hydrogen-bond acceptors (Lipinski definition) is 11. The Morgan fingerprint density at radius 2 is 0.870 bits per heavy atom. The SMILES string of the molecule is CCCCC/C=C/C/C=C/C/C=C/C/C=C/CCCCCC(=O)O[C@H](COC(=O)CCCCCCCCCCCCCCCCCCCCCCCC)CO[C@H]1O[C@H](CS(=O)(=O)O)[C@@H](O)C(O)C1O. The zero-order valence-electron chi connectivity index (χ0n) is 43.4. The molecule has 0 aromatic heterocycles. The van der Waals surface area contributed by atoms with E-state index in [9.17, 15) is 37.9 Å². The predicted molar refractivity (Wildman–Crippen MR) is 279 cm³/mol. The molecule has 0 aliphatic carbocycles. The Labute approximate surface area is 420 Å². The van der Waals surface area contributed by atoms with Crippen LogP contribution < -0.4 is 0 Å². The van der Waals surface area contributed by atoms with Crippen LogP contribution >= 0.6 is 0 Å². The number of esters is 2. The van der Waals surface area contributed by atoms with Crippen molar-refractivity contribution < 1.29 is 56.8 Å². The van der Waals surface area contributed by atoms with E-state index < -0.39 is 71.2 Å². The Kier molecular flexibility index (Phi) is 42.6. The minimum absolute atomic E-state index is 0.127. The minimum Gasteiger partial charge on any atom is -0.462 e. The van der Waals surface area contributed by atoms with Gasteiger partial charge in [-0.15, -0.1) is 0 Å². The third-order valence-corrected chi connectivity index (χ3v) is 13.4. The van der Waals surface area contributed by atoms with Gasteiger partial charge in [-0.1, -0.05) is 217 Å². The molecule has 4 N–H and O–H groups in total. The lowest BCUT2D eigenvalue weighted by atomic mass is 10.00.